The molecular formula is C51H41N. The number of nitrogens with zero attached hydrogens (tertiary/aromatic N) is 1. The number of benzene rings is 7. The van der Waals surface area contributed by atoms with Crippen LogP contribution in [0.15, 0.2) is 181 Å². The summed E-state index contributed by atoms with van der Waals surface area (Å²) < 4.78 is 0. The number of fused-ring (bicyclic) bond motifs is 6. The zero-order chi connectivity index (χ0) is 34.4. The summed E-state index contributed by atoms with van der Waals surface area (Å²) in [6.07, 6.45) is 9.72. The quantitative estimate of drug-likeness (QED) is 0.162. The van der Waals surface area contributed by atoms with Crippen LogP contribution < -0.4 is 0 Å². The van der Waals surface area contributed by atoms with Crippen LogP contribution in [-0.4, -0.2) is 5.71 Å². The van der Waals surface area contributed by atoms with E-state index in [1.165, 1.54) is 97.1 Å². The Bertz CT molecular complexity index is 2410. The highest BCUT2D eigenvalue weighted by atomic mass is 14.8. The zero-order valence-corrected chi connectivity index (χ0v) is 29.3. The molecule has 1 heterocycles. The van der Waals surface area contributed by atoms with E-state index in [4.69, 9.17) is 4.99 Å². The van der Waals surface area contributed by atoms with Crippen molar-refractivity contribution < 1.29 is 0 Å². The molecule has 1 nitrogen and oxygen atoms in total. The van der Waals surface area contributed by atoms with Crippen molar-refractivity contribution in [1.29, 1.82) is 0 Å². The first-order valence-corrected chi connectivity index (χ1v) is 19.0. The van der Waals surface area contributed by atoms with Gasteiger partial charge in [-0.1, -0.05) is 158 Å². The van der Waals surface area contributed by atoms with Gasteiger partial charge in [-0.25, -0.2) is 0 Å². The molecule has 4 atom stereocenters. The van der Waals surface area contributed by atoms with Gasteiger partial charge in [-0.15, -0.1) is 0 Å². The van der Waals surface area contributed by atoms with Crippen LogP contribution >= 0.6 is 0 Å². The second kappa shape index (κ2) is 13.1. The monoisotopic (exact) mass is 667 g/mol. The molecule has 3 aliphatic rings. The van der Waals surface area contributed by atoms with E-state index in [2.05, 4.69) is 176 Å². The molecule has 0 spiro atoms. The Morgan fingerprint density at radius 2 is 1.06 bits per heavy atom. The fourth-order valence-corrected chi connectivity index (χ4v) is 9.42. The minimum atomic E-state index is 0.301. The van der Waals surface area contributed by atoms with E-state index in [1.54, 1.807) is 0 Å². The third-order valence-corrected chi connectivity index (χ3v) is 12.0. The van der Waals surface area contributed by atoms with E-state index in [1.807, 2.05) is 0 Å². The summed E-state index contributed by atoms with van der Waals surface area (Å²) in [5.74, 6) is 1.92. The fraction of sp³-hybridized carbons (Fsp3) is 0.157. The standard InChI is InChI=1S/C51H41N/c1-3-12-34(13-4-1)42-31-43(35-14-5-2-6-15-35)33-44(32-42)37-24-22-36(23-25-37)40-18-11-19-41(30-40)49-47-28-26-38-16-7-9-20-45(38)50(47)52-51-46-21-10-8-17-39(46)27-29-48(49)51/h1-9,11-20,22-26,28,30-33,39,46,48-49H,10,21,27,29H2. The highest BCUT2D eigenvalue weighted by molar-refractivity contribution is 6.03. The second-order valence-corrected chi connectivity index (χ2v) is 14.9. The van der Waals surface area contributed by atoms with Crippen molar-refractivity contribution in [2.24, 2.45) is 22.7 Å². The van der Waals surface area contributed by atoms with Gasteiger partial charge in [0.1, 0.15) is 0 Å². The van der Waals surface area contributed by atoms with Crippen LogP contribution in [0.25, 0.3) is 55.3 Å². The van der Waals surface area contributed by atoms with Crippen molar-refractivity contribution in [3.8, 4) is 44.5 Å². The van der Waals surface area contributed by atoms with Crippen LogP contribution in [0.5, 0.6) is 0 Å². The summed E-state index contributed by atoms with van der Waals surface area (Å²) in [6, 6.07) is 60.5. The molecule has 1 fully saturated rings. The summed E-state index contributed by atoms with van der Waals surface area (Å²) in [5, 5.41) is 2.56. The Hall–Kier alpha value is -5.79. The highest BCUT2D eigenvalue weighted by Crippen LogP contribution is 2.53. The molecule has 0 saturated heterocycles. The molecule has 7 aromatic rings. The molecule has 1 saturated carbocycles. The summed E-state index contributed by atoms with van der Waals surface area (Å²) in [7, 11) is 0. The molecule has 0 aromatic heterocycles. The van der Waals surface area contributed by atoms with Gasteiger partial charge in [-0.3, -0.25) is 4.99 Å². The van der Waals surface area contributed by atoms with E-state index in [9.17, 15) is 0 Å². The van der Waals surface area contributed by atoms with Gasteiger partial charge in [0.15, 0.2) is 0 Å². The van der Waals surface area contributed by atoms with E-state index < -0.39 is 0 Å². The first-order valence-electron chi connectivity index (χ1n) is 19.0. The Morgan fingerprint density at radius 3 is 1.77 bits per heavy atom. The SMILES string of the molecule is C1=CC2CCC3C(=Nc4c(ccc5ccccc45)C3c3cccc(-c4ccc(-c5cc(-c6ccccc6)cc(-c6ccccc6)c5)cc4)c3)C2CC1. The third kappa shape index (κ3) is 5.53. The molecule has 0 bridgehead atoms. The Balaban J connectivity index is 1.03. The lowest BCUT2D eigenvalue weighted by molar-refractivity contribution is 0.330. The van der Waals surface area contributed by atoms with Crippen molar-refractivity contribution in [3.05, 3.63) is 187 Å². The summed E-state index contributed by atoms with van der Waals surface area (Å²) in [4.78, 5) is 5.61. The minimum Gasteiger partial charge on any atom is -0.256 e. The van der Waals surface area contributed by atoms with Crippen LogP contribution in [0, 0.1) is 17.8 Å². The van der Waals surface area contributed by atoms with Crippen LogP contribution in [0.2, 0.25) is 0 Å². The Morgan fingerprint density at radius 1 is 0.442 bits per heavy atom. The predicted octanol–water partition coefficient (Wildman–Crippen LogP) is 13.7. The average molecular weight is 668 g/mol. The Kier molecular flexibility index (Phi) is 7.79. The maximum Gasteiger partial charge on any atom is 0.0746 e. The number of hydrogen-bond acceptors (Lipinski definition) is 1. The molecule has 7 aromatic carbocycles. The predicted molar refractivity (Wildman–Crippen MR) is 219 cm³/mol. The number of aliphatic imine (C=N–C) groups is 1. The van der Waals surface area contributed by atoms with Gasteiger partial charge in [0.25, 0.3) is 0 Å². The number of allylic oxidation sites excluding steroid dienone is 2. The van der Waals surface area contributed by atoms with Gasteiger partial charge in [0.05, 0.1) is 5.69 Å². The van der Waals surface area contributed by atoms with Crippen molar-refractivity contribution in [3.63, 3.8) is 0 Å². The molecule has 0 amide bonds. The lowest BCUT2D eigenvalue weighted by atomic mass is 9.62. The number of hydrogen-bond donors (Lipinski definition) is 0. The smallest absolute Gasteiger partial charge is 0.0746 e. The second-order valence-electron chi connectivity index (χ2n) is 14.9. The third-order valence-electron chi connectivity index (χ3n) is 12.0. The van der Waals surface area contributed by atoms with Crippen molar-refractivity contribution in [2.75, 3.05) is 0 Å². The fourth-order valence-electron chi connectivity index (χ4n) is 9.42. The lowest BCUT2D eigenvalue weighted by Crippen LogP contribution is -2.40. The topological polar surface area (TPSA) is 12.4 Å². The van der Waals surface area contributed by atoms with E-state index in [0.717, 1.165) is 6.42 Å². The van der Waals surface area contributed by atoms with Gasteiger partial charge in [0.2, 0.25) is 0 Å². The van der Waals surface area contributed by atoms with Crippen LogP contribution in [0.4, 0.5) is 5.69 Å². The molecule has 1 aliphatic heterocycles. The van der Waals surface area contributed by atoms with Crippen molar-refractivity contribution in [1.82, 2.24) is 0 Å². The first-order chi connectivity index (χ1) is 25.8. The molecular weight excluding hydrogens is 627 g/mol. The van der Waals surface area contributed by atoms with E-state index in [-0.39, 0.29) is 0 Å². The van der Waals surface area contributed by atoms with Crippen molar-refractivity contribution >= 4 is 22.2 Å². The molecule has 1 heteroatoms. The van der Waals surface area contributed by atoms with Gasteiger partial charge in [-0.2, -0.15) is 0 Å². The molecule has 250 valence electrons. The molecule has 0 radical (unpaired) electrons. The lowest BCUT2D eigenvalue weighted by Gasteiger charge is -2.44. The molecule has 0 N–H and O–H groups in total. The maximum absolute atomic E-state index is 5.61. The highest BCUT2D eigenvalue weighted by Gasteiger charge is 2.43. The largest absolute Gasteiger partial charge is 0.256 e. The summed E-state index contributed by atoms with van der Waals surface area (Å²) >= 11 is 0. The minimum absolute atomic E-state index is 0.301. The van der Waals surface area contributed by atoms with Gasteiger partial charge in [-0.05, 0) is 111 Å². The van der Waals surface area contributed by atoms with Gasteiger partial charge < -0.3 is 0 Å². The molecule has 10 rings (SSSR count). The normalized spacial score (nSPS) is 20.4. The van der Waals surface area contributed by atoms with Crippen LogP contribution in [0.1, 0.15) is 42.7 Å². The molecule has 4 unspecified atom stereocenters. The van der Waals surface area contributed by atoms with Gasteiger partial charge in [0, 0.05) is 28.9 Å². The maximum atomic E-state index is 5.61. The molecule has 52 heavy (non-hydrogen) atoms. The van der Waals surface area contributed by atoms with Gasteiger partial charge >= 0.3 is 0 Å². The first kappa shape index (κ1) is 31.0. The summed E-state index contributed by atoms with van der Waals surface area (Å²) in [6.45, 7) is 0. The Labute approximate surface area is 307 Å². The average Bonchev–Trinajstić information content (AvgIpc) is 3.23. The number of rotatable bonds is 5. The van der Waals surface area contributed by atoms with E-state index >= 15 is 0 Å². The van der Waals surface area contributed by atoms with E-state index in [0.29, 0.717) is 23.7 Å². The summed E-state index contributed by atoms with van der Waals surface area (Å²) in [5.41, 5.74) is 15.3. The molecule has 2 aliphatic carbocycles. The van der Waals surface area contributed by atoms with Crippen LogP contribution in [0.3, 0.4) is 0 Å². The van der Waals surface area contributed by atoms with Crippen LogP contribution in [-0.2, 0) is 0 Å². The van der Waals surface area contributed by atoms with Crippen molar-refractivity contribution in [2.45, 2.75) is 31.6 Å². The zero-order valence-electron chi connectivity index (χ0n) is 29.3.